The first-order valence-corrected chi connectivity index (χ1v) is 11.4. The number of hydrogen-bond donors (Lipinski definition) is 3. The lowest BCUT2D eigenvalue weighted by molar-refractivity contribution is 0.145. The van der Waals surface area contributed by atoms with Crippen LogP contribution in [-0.2, 0) is 11.3 Å². The predicted octanol–water partition coefficient (Wildman–Crippen LogP) is 4.55. The molecule has 1 aliphatic heterocycles. The molecule has 0 spiro atoms. The van der Waals surface area contributed by atoms with Crippen molar-refractivity contribution in [2.24, 2.45) is 4.99 Å². The number of nitrogens with zero attached hydrogens (tertiary/aromatic N) is 4. The minimum absolute atomic E-state index is 0.279. The maximum atomic E-state index is 9.71. The summed E-state index contributed by atoms with van der Waals surface area (Å²) in [6, 6.07) is 16.9. The number of hydrogen-bond acceptors (Lipinski definition) is 9. The summed E-state index contributed by atoms with van der Waals surface area (Å²) in [7, 11) is 0. The van der Waals surface area contributed by atoms with E-state index in [0.29, 0.717) is 35.8 Å². The van der Waals surface area contributed by atoms with E-state index < -0.39 is 6.10 Å². The van der Waals surface area contributed by atoms with Gasteiger partial charge in [-0.3, -0.25) is 4.98 Å². The summed E-state index contributed by atoms with van der Waals surface area (Å²) in [6.07, 6.45) is 2.65. The van der Waals surface area contributed by atoms with E-state index in [1.807, 2.05) is 42.5 Å². The van der Waals surface area contributed by atoms with Gasteiger partial charge in [0.2, 0.25) is 0 Å². The molecule has 0 saturated carbocycles. The first-order chi connectivity index (χ1) is 17.0. The molecule has 0 radical (unpaired) electrons. The van der Waals surface area contributed by atoms with Gasteiger partial charge in [-0.1, -0.05) is 17.7 Å². The highest BCUT2D eigenvalue weighted by atomic mass is 35.5. The van der Waals surface area contributed by atoms with Crippen LogP contribution in [0.1, 0.15) is 12.6 Å². The topological polar surface area (TPSA) is 114 Å². The molecule has 3 N–H and O–H groups in total. The monoisotopic (exact) mass is 490 g/mol. The van der Waals surface area contributed by atoms with Gasteiger partial charge in [0.15, 0.2) is 0 Å². The maximum Gasteiger partial charge on any atom is 0.289 e. The third kappa shape index (κ3) is 5.42. The summed E-state index contributed by atoms with van der Waals surface area (Å²) in [5.41, 5.74) is 3.10. The smallest absolute Gasteiger partial charge is 0.289 e. The van der Waals surface area contributed by atoms with Gasteiger partial charge in [-0.25, -0.2) is 15.0 Å². The number of aliphatic hydroxyl groups is 1. The average molecular weight is 491 g/mol. The Bertz CT molecular complexity index is 1370. The van der Waals surface area contributed by atoms with Crippen molar-refractivity contribution in [2.45, 2.75) is 25.7 Å². The molecule has 0 saturated heterocycles. The summed E-state index contributed by atoms with van der Waals surface area (Å²) in [5.74, 6) is 1.18. The van der Waals surface area contributed by atoms with Crippen molar-refractivity contribution in [3.8, 4) is 5.75 Å². The summed E-state index contributed by atoms with van der Waals surface area (Å²) < 4.78 is 11.3. The average Bonchev–Trinajstić information content (AvgIpc) is 3.33. The molecule has 35 heavy (non-hydrogen) atoms. The summed E-state index contributed by atoms with van der Waals surface area (Å²) in [5, 5.41) is 17.4. The SMILES string of the molecule is CC(O)C1COC(Nc2ccc3ncnc(Nc4ccc(OCc5ccccn5)c(Cl)c4)c3c2)=N1. The fourth-order valence-corrected chi connectivity index (χ4v) is 3.77. The van der Waals surface area contributed by atoms with E-state index in [9.17, 15) is 5.11 Å². The number of ether oxygens (including phenoxy) is 2. The first-order valence-electron chi connectivity index (χ1n) is 11.0. The zero-order valence-electron chi connectivity index (χ0n) is 18.9. The molecule has 10 heteroatoms. The normalized spacial score (nSPS) is 15.9. The number of fused-ring (bicyclic) bond motifs is 1. The van der Waals surface area contributed by atoms with Crippen LogP contribution in [0.2, 0.25) is 5.02 Å². The van der Waals surface area contributed by atoms with Crippen LogP contribution in [0.15, 0.2) is 72.1 Å². The molecular weight excluding hydrogens is 468 g/mol. The third-order valence-corrected chi connectivity index (χ3v) is 5.71. The Labute approximate surface area is 206 Å². The van der Waals surface area contributed by atoms with E-state index in [0.717, 1.165) is 28.0 Å². The van der Waals surface area contributed by atoms with Crippen molar-refractivity contribution < 1.29 is 14.6 Å². The van der Waals surface area contributed by atoms with E-state index >= 15 is 0 Å². The molecule has 2 atom stereocenters. The Morgan fingerprint density at radius 2 is 1.94 bits per heavy atom. The maximum absolute atomic E-state index is 9.71. The number of anilines is 3. The molecule has 4 aromatic rings. The number of aliphatic imine (C=N–C) groups is 1. The van der Waals surface area contributed by atoms with E-state index in [4.69, 9.17) is 21.1 Å². The zero-order chi connectivity index (χ0) is 24.2. The molecule has 3 heterocycles. The van der Waals surface area contributed by atoms with Gasteiger partial charge in [0, 0.05) is 23.0 Å². The quantitative estimate of drug-likeness (QED) is 0.346. The summed E-state index contributed by atoms with van der Waals surface area (Å²) in [4.78, 5) is 17.4. The van der Waals surface area contributed by atoms with Crippen molar-refractivity contribution in [1.29, 1.82) is 0 Å². The van der Waals surface area contributed by atoms with Crippen LogP contribution in [0, 0.1) is 0 Å². The van der Waals surface area contributed by atoms with Crippen LogP contribution in [-0.4, -0.2) is 44.8 Å². The Morgan fingerprint density at radius 3 is 2.71 bits per heavy atom. The molecule has 5 rings (SSSR count). The van der Waals surface area contributed by atoms with Gasteiger partial charge in [0.05, 0.1) is 22.3 Å². The highest BCUT2D eigenvalue weighted by molar-refractivity contribution is 6.32. The number of aromatic nitrogens is 3. The largest absolute Gasteiger partial charge is 0.486 e. The van der Waals surface area contributed by atoms with Crippen LogP contribution in [0.3, 0.4) is 0 Å². The molecule has 0 aliphatic carbocycles. The second-order valence-electron chi connectivity index (χ2n) is 8.01. The lowest BCUT2D eigenvalue weighted by atomic mass is 10.2. The fourth-order valence-electron chi connectivity index (χ4n) is 3.53. The lowest BCUT2D eigenvalue weighted by Crippen LogP contribution is -2.21. The zero-order valence-corrected chi connectivity index (χ0v) is 19.6. The molecule has 9 nitrogen and oxygen atoms in total. The number of halogens is 1. The standard InChI is InChI=1S/C25H23ClN6O3/c1-15(33)22-13-35-25(32-22)31-16-5-7-21-19(10-16)24(29-14-28-21)30-17-6-8-23(20(26)11-17)34-12-18-4-2-3-9-27-18/h2-11,14-15,22,33H,12-13H2,1H3,(H,31,32)(H,28,29,30). The summed E-state index contributed by atoms with van der Waals surface area (Å²) >= 11 is 6.46. The van der Waals surface area contributed by atoms with E-state index in [1.165, 1.54) is 6.33 Å². The van der Waals surface area contributed by atoms with Gasteiger partial charge < -0.3 is 25.2 Å². The minimum atomic E-state index is -0.575. The number of benzene rings is 2. The third-order valence-electron chi connectivity index (χ3n) is 5.41. The van der Waals surface area contributed by atoms with Crippen LogP contribution >= 0.6 is 11.6 Å². The Balaban J connectivity index is 1.33. The van der Waals surface area contributed by atoms with Crippen LogP contribution in [0.5, 0.6) is 5.75 Å². The lowest BCUT2D eigenvalue weighted by Gasteiger charge is -2.12. The predicted molar refractivity (Wildman–Crippen MR) is 135 cm³/mol. The van der Waals surface area contributed by atoms with E-state index in [1.54, 1.807) is 25.3 Å². The molecule has 0 fully saturated rings. The molecule has 0 amide bonds. The van der Waals surface area contributed by atoms with Crippen LogP contribution in [0.4, 0.5) is 17.2 Å². The van der Waals surface area contributed by atoms with Gasteiger partial charge in [-0.15, -0.1) is 0 Å². The molecular formula is C25H23ClN6O3. The Morgan fingerprint density at radius 1 is 1.09 bits per heavy atom. The molecule has 2 unspecified atom stereocenters. The van der Waals surface area contributed by atoms with Crippen molar-refractivity contribution >= 4 is 45.7 Å². The highest BCUT2D eigenvalue weighted by Gasteiger charge is 2.23. The van der Waals surface area contributed by atoms with Gasteiger partial charge >= 0.3 is 0 Å². The van der Waals surface area contributed by atoms with Crippen molar-refractivity contribution in [3.05, 3.63) is 77.8 Å². The second-order valence-corrected chi connectivity index (χ2v) is 8.42. The number of pyridine rings is 1. The number of rotatable bonds is 7. The second kappa shape index (κ2) is 10.1. The number of nitrogens with one attached hydrogen (secondary N) is 2. The molecule has 178 valence electrons. The van der Waals surface area contributed by atoms with Gasteiger partial charge in [-0.05, 0) is 55.5 Å². The van der Waals surface area contributed by atoms with Crippen molar-refractivity contribution in [2.75, 3.05) is 17.2 Å². The molecule has 2 aromatic heterocycles. The number of amidine groups is 1. The molecule has 2 aromatic carbocycles. The van der Waals surface area contributed by atoms with Crippen molar-refractivity contribution in [3.63, 3.8) is 0 Å². The van der Waals surface area contributed by atoms with E-state index in [2.05, 4.69) is 30.6 Å². The molecule has 1 aliphatic rings. The highest BCUT2D eigenvalue weighted by Crippen LogP contribution is 2.31. The van der Waals surface area contributed by atoms with Gasteiger partial charge in [-0.2, -0.15) is 0 Å². The van der Waals surface area contributed by atoms with Crippen LogP contribution < -0.4 is 15.4 Å². The number of aliphatic hydroxyl groups excluding tert-OH is 1. The van der Waals surface area contributed by atoms with Crippen LogP contribution in [0.25, 0.3) is 10.9 Å². The van der Waals surface area contributed by atoms with Gasteiger partial charge in [0.1, 0.15) is 37.2 Å². The Kier molecular flexibility index (Phi) is 6.60. The first kappa shape index (κ1) is 22.8. The minimum Gasteiger partial charge on any atom is -0.486 e. The van der Waals surface area contributed by atoms with Crippen molar-refractivity contribution in [1.82, 2.24) is 15.0 Å². The Hall–Kier alpha value is -3.95. The van der Waals surface area contributed by atoms with E-state index in [-0.39, 0.29) is 6.04 Å². The van der Waals surface area contributed by atoms with Gasteiger partial charge in [0.25, 0.3) is 6.02 Å². The fraction of sp³-hybridized carbons (Fsp3) is 0.200. The summed E-state index contributed by atoms with van der Waals surface area (Å²) in [6.45, 7) is 2.36. The molecule has 0 bridgehead atoms.